The van der Waals surface area contributed by atoms with Crippen LogP contribution < -0.4 is 10.6 Å². The zero-order valence-electron chi connectivity index (χ0n) is 15.1. The predicted octanol–water partition coefficient (Wildman–Crippen LogP) is 4.54. The lowest BCUT2D eigenvalue weighted by Crippen LogP contribution is -2.38. The molecule has 2 aromatic rings. The van der Waals surface area contributed by atoms with Crippen molar-refractivity contribution in [2.24, 2.45) is 11.3 Å². The molecule has 3 heterocycles. The Hall–Kier alpha value is -1.88. The lowest BCUT2D eigenvalue weighted by molar-refractivity contribution is 0.0934. The minimum Gasteiger partial charge on any atom is -0.353 e. The molecule has 2 unspecified atom stereocenters. The molecule has 0 spiro atoms. The minimum absolute atomic E-state index is 0.0567. The molecule has 2 N–H and O–H groups in total. The van der Waals surface area contributed by atoms with Crippen LogP contribution in [0.3, 0.4) is 0 Å². The van der Waals surface area contributed by atoms with Crippen LogP contribution in [-0.2, 0) is 12.8 Å². The summed E-state index contributed by atoms with van der Waals surface area (Å²) in [4.78, 5) is 18.2. The van der Waals surface area contributed by atoms with E-state index in [-0.39, 0.29) is 12.1 Å². The number of fused-ring (bicyclic) bond motifs is 3. The standard InChI is InChI=1S/C20H25N3OS/c1-4-20(2,3)13-5-6-14-15(11-13)25-19-16(14)18(24)22-17(23-19)12-7-9-21-10-8-12/h7-10,13,17,23H,4-6,11H2,1-3H3,(H,22,24). The third-order valence-corrected chi connectivity index (χ3v) is 7.28. The molecule has 0 saturated carbocycles. The maximum Gasteiger partial charge on any atom is 0.256 e. The van der Waals surface area contributed by atoms with E-state index in [0.29, 0.717) is 11.3 Å². The largest absolute Gasteiger partial charge is 0.353 e. The Morgan fingerprint density at radius 3 is 2.76 bits per heavy atom. The number of carbonyl (C=O) groups excluding carboxylic acids is 1. The quantitative estimate of drug-likeness (QED) is 0.850. The van der Waals surface area contributed by atoms with E-state index >= 15 is 0 Å². The van der Waals surface area contributed by atoms with E-state index < -0.39 is 0 Å². The van der Waals surface area contributed by atoms with Crippen LogP contribution in [-0.4, -0.2) is 10.9 Å². The lowest BCUT2D eigenvalue weighted by Gasteiger charge is -2.36. The highest BCUT2D eigenvalue weighted by atomic mass is 32.1. The van der Waals surface area contributed by atoms with Crippen molar-refractivity contribution in [3.05, 3.63) is 46.1 Å². The Morgan fingerprint density at radius 2 is 2.04 bits per heavy atom. The number of hydrogen-bond donors (Lipinski definition) is 2. The van der Waals surface area contributed by atoms with Crippen LogP contribution >= 0.6 is 11.3 Å². The molecule has 132 valence electrons. The highest BCUT2D eigenvalue weighted by Gasteiger charge is 2.37. The maximum atomic E-state index is 12.8. The molecule has 25 heavy (non-hydrogen) atoms. The fraction of sp³-hybridized carbons (Fsp3) is 0.500. The van der Waals surface area contributed by atoms with Gasteiger partial charge in [0.15, 0.2) is 0 Å². The molecule has 2 atom stereocenters. The summed E-state index contributed by atoms with van der Waals surface area (Å²) in [5.41, 5.74) is 3.56. The smallest absolute Gasteiger partial charge is 0.256 e. The second kappa shape index (κ2) is 6.13. The second-order valence-corrected chi connectivity index (χ2v) is 8.93. The fourth-order valence-electron chi connectivity index (χ4n) is 3.98. The number of pyridine rings is 1. The summed E-state index contributed by atoms with van der Waals surface area (Å²) in [7, 11) is 0. The Kier molecular flexibility index (Phi) is 4.07. The van der Waals surface area contributed by atoms with Crippen molar-refractivity contribution in [2.75, 3.05) is 5.32 Å². The highest BCUT2D eigenvalue weighted by Crippen LogP contribution is 2.46. The molecule has 1 aliphatic heterocycles. The Balaban J connectivity index is 1.64. The first kappa shape index (κ1) is 16.6. The Labute approximate surface area is 153 Å². The normalized spacial score (nSPS) is 22.6. The molecular weight excluding hydrogens is 330 g/mol. The molecule has 2 aliphatic rings. The second-order valence-electron chi connectivity index (χ2n) is 7.82. The van der Waals surface area contributed by atoms with Gasteiger partial charge in [0.25, 0.3) is 5.91 Å². The third-order valence-electron chi connectivity index (χ3n) is 6.10. The SMILES string of the molecule is CCC(C)(C)C1CCc2c(sc3c2C(=O)NC(c2ccncc2)N3)C1. The van der Waals surface area contributed by atoms with Crippen LogP contribution in [0.15, 0.2) is 24.5 Å². The molecule has 0 aromatic carbocycles. The van der Waals surface area contributed by atoms with Gasteiger partial charge in [-0.25, -0.2) is 0 Å². The third kappa shape index (κ3) is 2.84. The molecule has 0 saturated heterocycles. The van der Waals surface area contributed by atoms with Gasteiger partial charge >= 0.3 is 0 Å². The summed E-state index contributed by atoms with van der Waals surface area (Å²) in [5, 5.41) is 7.67. The van der Waals surface area contributed by atoms with Crippen molar-refractivity contribution in [1.82, 2.24) is 10.3 Å². The van der Waals surface area contributed by atoms with Gasteiger partial charge in [0.2, 0.25) is 0 Å². The number of nitrogens with zero attached hydrogens (tertiary/aromatic N) is 1. The molecule has 2 aromatic heterocycles. The molecule has 5 heteroatoms. The van der Waals surface area contributed by atoms with Crippen LogP contribution in [0.25, 0.3) is 0 Å². The summed E-state index contributed by atoms with van der Waals surface area (Å²) in [5.74, 6) is 0.755. The van der Waals surface area contributed by atoms with E-state index in [9.17, 15) is 4.79 Å². The van der Waals surface area contributed by atoms with Gasteiger partial charge in [0.1, 0.15) is 11.2 Å². The van der Waals surface area contributed by atoms with Crippen LogP contribution in [0.2, 0.25) is 0 Å². The first-order chi connectivity index (χ1) is 12.0. The Bertz CT molecular complexity index is 797. The molecule has 1 aliphatic carbocycles. The molecular formula is C20H25N3OS. The van der Waals surface area contributed by atoms with Crippen molar-refractivity contribution < 1.29 is 4.79 Å². The predicted molar refractivity (Wildman–Crippen MR) is 102 cm³/mol. The number of anilines is 1. The van der Waals surface area contributed by atoms with Crippen molar-refractivity contribution in [1.29, 1.82) is 0 Å². The average Bonchev–Trinajstić information content (AvgIpc) is 3.00. The van der Waals surface area contributed by atoms with E-state index in [1.54, 1.807) is 23.7 Å². The first-order valence-electron chi connectivity index (χ1n) is 9.11. The molecule has 0 bridgehead atoms. The van der Waals surface area contributed by atoms with Crippen LogP contribution in [0, 0.1) is 11.3 Å². The number of rotatable bonds is 3. The van der Waals surface area contributed by atoms with Crippen molar-refractivity contribution in [2.45, 2.75) is 52.6 Å². The fourth-order valence-corrected chi connectivity index (χ4v) is 5.33. The van der Waals surface area contributed by atoms with Gasteiger partial charge in [-0.3, -0.25) is 9.78 Å². The van der Waals surface area contributed by atoms with Crippen LogP contribution in [0.4, 0.5) is 5.00 Å². The summed E-state index contributed by atoms with van der Waals surface area (Å²) < 4.78 is 0. The van der Waals surface area contributed by atoms with E-state index in [4.69, 9.17) is 0 Å². The maximum absolute atomic E-state index is 12.8. The number of nitrogens with one attached hydrogen (secondary N) is 2. The topological polar surface area (TPSA) is 54.0 Å². The number of thiophene rings is 1. The monoisotopic (exact) mass is 355 g/mol. The molecule has 0 fully saturated rings. The van der Waals surface area contributed by atoms with Crippen molar-refractivity contribution >= 4 is 22.2 Å². The van der Waals surface area contributed by atoms with Gasteiger partial charge in [0.05, 0.1) is 5.56 Å². The van der Waals surface area contributed by atoms with Gasteiger partial charge in [-0.1, -0.05) is 27.2 Å². The van der Waals surface area contributed by atoms with E-state index in [0.717, 1.165) is 29.0 Å². The Morgan fingerprint density at radius 1 is 1.28 bits per heavy atom. The lowest BCUT2D eigenvalue weighted by atomic mass is 9.69. The number of amides is 1. The molecule has 4 nitrogen and oxygen atoms in total. The molecule has 1 amide bonds. The molecule has 0 radical (unpaired) electrons. The zero-order valence-corrected chi connectivity index (χ0v) is 15.9. The number of hydrogen-bond acceptors (Lipinski definition) is 4. The van der Waals surface area contributed by atoms with Crippen LogP contribution in [0.1, 0.15) is 66.1 Å². The first-order valence-corrected chi connectivity index (χ1v) is 9.93. The highest BCUT2D eigenvalue weighted by molar-refractivity contribution is 7.16. The summed E-state index contributed by atoms with van der Waals surface area (Å²) in [6, 6.07) is 3.88. The van der Waals surface area contributed by atoms with E-state index in [1.807, 2.05) is 12.1 Å². The van der Waals surface area contributed by atoms with Crippen molar-refractivity contribution in [3.8, 4) is 0 Å². The van der Waals surface area contributed by atoms with E-state index in [1.165, 1.54) is 23.3 Å². The number of carbonyl (C=O) groups is 1. The summed E-state index contributed by atoms with van der Waals surface area (Å²) >= 11 is 1.78. The van der Waals surface area contributed by atoms with Gasteiger partial charge in [-0.05, 0) is 53.9 Å². The van der Waals surface area contributed by atoms with Gasteiger partial charge < -0.3 is 10.6 Å². The van der Waals surface area contributed by atoms with Gasteiger partial charge in [-0.2, -0.15) is 0 Å². The number of aromatic nitrogens is 1. The summed E-state index contributed by atoms with van der Waals surface area (Å²) in [6.45, 7) is 7.03. The van der Waals surface area contributed by atoms with Gasteiger partial charge in [0, 0.05) is 17.3 Å². The molecule has 4 rings (SSSR count). The van der Waals surface area contributed by atoms with Crippen molar-refractivity contribution in [3.63, 3.8) is 0 Å². The van der Waals surface area contributed by atoms with E-state index in [2.05, 4.69) is 36.4 Å². The summed E-state index contributed by atoms with van der Waals surface area (Å²) in [6.07, 6.45) is 7.84. The average molecular weight is 356 g/mol. The van der Waals surface area contributed by atoms with Crippen LogP contribution in [0.5, 0.6) is 0 Å². The zero-order chi connectivity index (χ0) is 17.6. The van der Waals surface area contributed by atoms with Gasteiger partial charge in [-0.15, -0.1) is 11.3 Å². The minimum atomic E-state index is -0.175.